The summed E-state index contributed by atoms with van der Waals surface area (Å²) in [6.07, 6.45) is 0.233. The van der Waals surface area contributed by atoms with Gasteiger partial charge in [0, 0.05) is 23.6 Å². The van der Waals surface area contributed by atoms with E-state index in [4.69, 9.17) is 4.74 Å². The number of non-ortho nitro benzene ring substituents is 1. The van der Waals surface area contributed by atoms with E-state index in [-0.39, 0.29) is 18.1 Å². The number of rotatable bonds is 5. The number of hydrogen-bond donors (Lipinski definition) is 0. The van der Waals surface area contributed by atoms with Gasteiger partial charge in [-0.05, 0) is 12.5 Å². The first kappa shape index (κ1) is 15.2. The zero-order valence-corrected chi connectivity index (χ0v) is 12.7. The van der Waals surface area contributed by atoms with Crippen molar-refractivity contribution in [3.8, 4) is 0 Å². The van der Waals surface area contributed by atoms with Crippen LogP contribution in [0.5, 0.6) is 0 Å². The van der Waals surface area contributed by atoms with E-state index in [0.29, 0.717) is 6.61 Å². The van der Waals surface area contributed by atoms with E-state index >= 15 is 0 Å². The first-order chi connectivity index (χ1) is 9.57. The summed E-state index contributed by atoms with van der Waals surface area (Å²) in [7, 11) is 0. The van der Waals surface area contributed by atoms with Crippen molar-refractivity contribution in [2.75, 3.05) is 18.1 Å². The Morgan fingerprint density at radius 3 is 2.75 bits per heavy atom. The molecule has 7 heteroatoms. The van der Waals surface area contributed by atoms with Crippen LogP contribution in [0.25, 0.3) is 0 Å². The first-order valence-corrected chi connectivity index (χ1v) is 8.23. The maximum atomic E-state index is 11.8. The largest absolute Gasteiger partial charge is 0.466 e. The number of ether oxygens (including phenoxy) is 1. The molecular formula is C13H15NO4S2. The Bertz CT molecular complexity index is 515. The van der Waals surface area contributed by atoms with Crippen molar-refractivity contribution >= 4 is 35.2 Å². The Balaban J connectivity index is 2.30. The third-order valence-electron chi connectivity index (χ3n) is 2.93. The van der Waals surface area contributed by atoms with Gasteiger partial charge in [0.1, 0.15) is 0 Å². The molecule has 1 aromatic rings. The van der Waals surface area contributed by atoms with Gasteiger partial charge < -0.3 is 4.74 Å². The van der Waals surface area contributed by atoms with Crippen molar-refractivity contribution in [1.82, 2.24) is 0 Å². The number of benzene rings is 1. The Morgan fingerprint density at radius 1 is 1.45 bits per heavy atom. The van der Waals surface area contributed by atoms with Crippen LogP contribution in [0.1, 0.15) is 18.9 Å². The van der Waals surface area contributed by atoms with Crippen LogP contribution in [0.3, 0.4) is 0 Å². The lowest BCUT2D eigenvalue weighted by Crippen LogP contribution is -2.21. The monoisotopic (exact) mass is 313 g/mol. The predicted octanol–water partition coefficient (Wildman–Crippen LogP) is 3.18. The number of nitro groups is 1. The number of hydrogen-bond acceptors (Lipinski definition) is 6. The van der Waals surface area contributed by atoms with Crippen LogP contribution in [0.2, 0.25) is 0 Å². The Labute approximate surface area is 125 Å². The highest BCUT2D eigenvalue weighted by molar-refractivity contribution is 8.20. The number of esters is 1. The van der Waals surface area contributed by atoms with Crippen LogP contribution >= 0.6 is 23.5 Å². The molecule has 0 amide bonds. The van der Waals surface area contributed by atoms with Gasteiger partial charge in [-0.15, -0.1) is 23.5 Å². The van der Waals surface area contributed by atoms with Gasteiger partial charge in [-0.25, -0.2) is 0 Å². The van der Waals surface area contributed by atoms with Crippen molar-refractivity contribution in [3.05, 3.63) is 39.9 Å². The van der Waals surface area contributed by atoms with Crippen LogP contribution in [-0.4, -0.2) is 29.0 Å². The van der Waals surface area contributed by atoms with Gasteiger partial charge in [0.2, 0.25) is 0 Å². The van der Waals surface area contributed by atoms with E-state index in [0.717, 1.165) is 17.1 Å². The lowest BCUT2D eigenvalue weighted by Gasteiger charge is -2.26. The molecule has 0 N–H and O–H groups in total. The summed E-state index contributed by atoms with van der Waals surface area (Å²) < 4.78 is 4.57. The highest BCUT2D eigenvalue weighted by Gasteiger charge is 2.40. The normalized spacial score (nSPS) is 16.9. The van der Waals surface area contributed by atoms with Crippen LogP contribution in [0.15, 0.2) is 24.3 Å². The molecule has 0 aliphatic carbocycles. The summed E-state index contributed by atoms with van der Waals surface area (Å²) in [4.78, 5) is 22.3. The molecule has 1 saturated heterocycles. The molecule has 0 bridgehead atoms. The van der Waals surface area contributed by atoms with Gasteiger partial charge in [-0.1, -0.05) is 12.1 Å². The van der Waals surface area contributed by atoms with Gasteiger partial charge in [-0.3, -0.25) is 14.9 Å². The summed E-state index contributed by atoms with van der Waals surface area (Å²) in [6, 6.07) is 6.54. The topological polar surface area (TPSA) is 69.4 Å². The van der Waals surface area contributed by atoms with Crippen molar-refractivity contribution in [2.45, 2.75) is 17.4 Å². The maximum Gasteiger partial charge on any atom is 0.308 e. The molecule has 1 aromatic carbocycles. The lowest BCUT2D eigenvalue weighted by molar-refractivity contribution is -0.384. The summed E-state index contributed by atoms with van der Waals surface area (Å²) in [5, 5.41) is 10.9. The van der Waals surface area contributed by atoms with Crippen LogP contribution in [0, 0.1) is 10.1 Å². The Kier molecular flexibility index (Phi) is 4.93. The molecule has 0 aromatic heterocycles. The molecule has 1 aliphatic heterocycles. The Morgan fingerprint density at radius 2 is 2.15 bits per heavy atom. The second kappa shape index (κ2) is 6.49. The second-order valence-electron chi connectivity index (χ2n) is 4.24. The molecule has 0 saturated carbocycles. The highest BCUT2D eigenvalue weighted by atomic mass is 32.2. The smallest absolute Gasteiger partial charge is 0.308 e. The van der Waals surface area contributed by atoms with Crippen molar-refractivity contribution in [1.29, 1.82) is 0 Å². The number of carbonyl (C=O) groups is 1. The van der Waals surface area contributed by atoms with Crippen LogP contribution < -0.4 is 0 Å². The fourth-order valence-corrected chi connectivity index (χ4v) is 5.27. The molecule has 5 nitrogen and oxygen atoms in total. The molecule has 20 heavy (non-hydrogen) atoms. The molecule has 1 fully saturated rings. The van der Waals surface area contributed by atoms with E-state index < -0.39 is 9.00 Å². The average molecular weight is 313 g/mol. The summed E-state index contributed by atoms with van der Waals surface area (Å²) in [6.45, 7) is 2.12. The minimum absolute atomic E-state index is 0.0545. The SMILES string of the molecule is CCOC(=O)CC1(c2cccc([N+](=O)[O-])c2)SCCS1. The molecular weight excluding hydrogens is 298 g/mol. The summed E-state index contributed by atoms with van der Waals surface area (Å²) in [5.74, 6) is 1.58. The van der Waals surface area contributed by atoms with Gasteiger partial charge >= 0.3 is 5.97 Å². The standard InChI is InChI=1S/C13H15NO4S2/c1-2-18-12(15)9-13(19-6-7-20-13)10-4-3-5-11(8-10)14(16)17/h3-5,8H,2,6-7,9H2,1H3. The minimum Gasteiger partial charge on any atom is -0.466 e. The quantitative estimate of drug-likeness (QED) is 0.472. The molecule has 0 unspecified atom stereocenters. The van der Waals surface area contributed by atoms with Crippen molar-refractivity contribution < 1.29 is 14.5 Å². The molecule has 0 spiro atoms. The fraction of sp³-hybridized carbons (Fsp3) is 0.462. The molecule has 1 aliphatic rings. The van der Waals surface area contributed by atoms with Crippen molar-refractivity contribution in [2.24, 2.45) is 0 Å². The Hall–Kier alpha value is -1.21. The number of carbonyl (C=O) groups excluding carboxylic acids is 1. The van der Waals surface area contributed by atoms with Gasteiger partial charge in [0.05, 0.1) is 22.0 Å². The van der Waals surface area contributed by atoms with E-state index in [2.05, 4.69) is 0 Å². The summed E-state index contributed by atoms with van der Waals surface area (Å²) >= 11 is 3.31. The number of thioether (sulfide) groups is 2. The predicted molar refractivity (Wildman–Crippen MR) is 80.9 cm³/mol. The highest BCUT2D eigenvalue weighted by Crippen LogP contribution is 2.54. The van der Waals surface area contributed by atoms with Crippen LogP contribution in [-0.2, 0) is 13.6 Å². The molecule has 2 rings (SSSR count). The third-order valence-corrected chi connectivity index (χ3v) is 6.41. The van der Waals surface area contributed by atoms with Crippen LogP contribution in [0.4, 0.5) is 5.69 Å². The number of nitro benzene ring substituents is 1. The van der Waals surface area contributed by atoms with Gasteiger partial charge in [-0.2, -0.15) is 0 Å². The van der Waals surface area contributed by atoms with Gasteiger partial charge in [0.15, 0.2) is 0 Å². The molecule has 1 heterocycles. The van der Waals surface area contributed by atoms with E-state index in [1.807, 2.05) is 6.07 Å². The molecule has 108 valence electrons. The van der Waals surface area contributed by atoms with Crippen molar-refractivity contribution in [3.63, 3.8) is 0 Å². The molecule has 0 atom stereocenters. The van der Waals surface area contributed by atoms with E-state index in [1.165, 1.54) is 6.07 Å². The second-order valence-corrected chi connectivity index (χ2v) is 7.29. The summed E-state index contributed by atoms with van der Waals surface area (Å²) in [5.41, 5.74) is 0.867. The lowest BCUT2D eigenvalue weighted by atomic mass is 10.1. The average Bonchev–Trinajstić information content (AvgIpc) is 2.89. The zero-order valence-electron chi connectivity index (χ0n) is 11.0. The first-order valence-electron chi connectivity index (χ1n) is 6.26. The fourth-order valence-electron chi connectivity index (χ4n) is 2.08. The zero-order chi connectivity index (χ0) is 14.6. The van der Waals surface area contributed by atoms with Gasteiger partial charge in [0.25, 0.3) is 5.69 Å². The maximum absolute atomic E-state index is 11.8. The van der Waals surface area contributed by atoms with E-state index in [1.54, 1.807) is 42.6 Å². The number of nitrogens with zero attached hydrogens (tertiary/aromatic N) is 1. The third kappa shape index (κ3) is 3.27. The molecule has 0 radical (unpaired) electrons. The minimum atomic E-state index is -0.460. The van der Waals surface area contributed by atoms with E-state index in [9.17, 15) is 14.9 Å².